The Morgan fingerprint density at radius 2 is 2.20 bits per heavy atom. The summed E-state index contributed by atoms with van der Waals surface area (Å²) in [6.07, 6.45) is 3.09. The number of hydrogen-bond acceptors (Lipinski definition) is 5. The molecular formula is C11H17N5O4. The molecule has 1 aromatic rings. The lowest BCUT2D eigenvalue weighted by atomic mass is 10.1. The molecule has 1 aromatic heterocycles. The van der Waals surface area contributed by atoms with Crippen LogP contribution in [-0.2, 0) is 16.1 Å². The van der Waals surface area contributed by atoms with Crippen molar-refractivity contribution in [3.05, 3.63) is 11.9 Å². The van der Waals surface area contributed by atoms with Crippen LogP contribution in [0.1, 0.15) is 36.7 Å². The number of hydrogen-bond donors (Lipinski definition) is 3. The number of carboxylic acid groups (broad SMARTS) is 1. The molecule has 0 aromatic carbocycles. The van der Waals surface area contributed by atoms with E-state index in [2.05, 4.69) is 15.6 Å². The van der Waals surface area contributed by atoms with E-state index in [1.54, 1.807) is 0 Å². The number of aliphatic carboxylic acids is 1. The number of unbranched alkanes of at least 4 members (excludes halogenated alkanes) is 1. The summed E-state index contributed by atoms with van der Waals surface area (Å²) in [6, 6.07) is -0.969. The summed E-state index contributed by atoms with van der Waals surface area (Å²) in [7, 11) is 0. The van der Waals surface area contributed by atoms with Gasteiger partial charge in [0, 0.05) is 0 Å². The summed E-state index contributed by atoms with van der Waals surface area (Å²) in [5, 5.41) is 18.5. The Hall–Kier alpha value is -2.45. The van der Waals surface area contributed by atoms with Crippen LogP contribution in [0.5, 0.6) is 0 Å². The Labute approximate surface area is 115 Å². The third kappa shape index (κ3) is 4.67. The predicted molar refractivity (Wildman–Crippen MR) is 67.6 cm³/mol. The monoisotopic (exact) mass is 283 g/mol. The Morgan fingerprint density at radius 3 is 2.75 bits per heavy atom. The fourth-order valence-electron chi connectivity index (χ4n) is 1.54. The summed E-state index contributed by atoms with van der Waals surface area (Å²) < 4.78 is 1.11. The molecule has 0 spiro atoms. The molecular weight excluding hydrogens is 266 g/mol. The van der Waals surface area contributed by atoms with E-state index in [-0.39, 0.29) is 12.2 Å². The van der Waals surface area contributed by atoms with Crippen molar-refractivity contribution in [2.75, 3.05) is 0 Å². The summed E-state index contributed by atoms with van der Waals surface area (Å²) in [5.41, 5.74) is 4.92. The van der Waals surface area contributed by atoms with Crippen molar-refractivity contribution >= 4 is 17.8 Å². The van der Waals surface area contributed by atoms with Gasteiger partial charge in [-0.1, -0.05) is 25.0 Å². The van der Waals surface area contributed by atoms with Crippen LogP contribution in [0.4, 0.5) is 0 Å². The third-order valence-corrected chi connectivity index (χ3v) is 2.54. The second-order valence-corrected chi connectivity index (χ2v) is 4.27. The van der Waals surface area contributed by atoms with Crippen LogP contribution < -0.4 is 11.1 Å². The van der Waals surface area contributed by atoms with E-state index in [1.807, 2.05) is 6.92 Å². The summed E-state index contributed by atoms with van der Waals surface area (Å²) >= 11 is 0. The molecule has 0 saturated carbocycles. The van der Waals surface area contributed by atoms with Crippen molar-refractivity contribution in [2.24, 2.45) is 5.73 Å². The quantitative estimate of drug-likeness (QED) is 0.567. The average molecular weight is 283 g/mol. The highest BCUT2D eigenvalue weighted by Crippen LogP contribution is 2.02. The highest BCUT2D eigenvalue weighted by molar-refractivity contribution is 5.94. The first-order chi connectivity index (χ1) is 9.43. The molecule has 0 radical (unpaired) electrons. The lowest BCUT2D eigenvalue weighted by Crippen LogP contribution is -2.40. The van der Waals surface area contributed by atoms with Crippen LogP contribution in [0.2, 0.25) is 0 Å². The van der Waals surface area contributed by atoms with Gasteiger partial charge in [-0.25, -0.2) is 9.48 Å². The Balaban J connectivity index is 2.66. The molecule has 9 nitrogen and oxygen atoms in total. The molecule has 9 heteroatoms. The molecule has 4 N–H and O–H groups in total. The molecule has 20 heavy (non-hydrogen) atoms. The van der Waals surface area contributed by atoms with Gasteiger partial charge in [0.2, 0.25) is 5.91 Å². The summed E-state index contributed by atoms with van der Waals surface area (Å²) in [6.45, 7) is 1.73. The highest BCUT2D eigenvalue weighted by Gasteiger charge is 2.21. The van der Waals surface area contributed by atoms with Gasteiger partial charge in [-0.2, -0.15) is 0 Å². The van der Waals surface area contributed by atoms with Crippen molar-refractivity contribution in [3.63, 3.8) is 0 Å². The lowest BCUT2D eigenvalue weighted by Gasteiger charge is -2.12. The smallest absolute Gasteiger partial charge is 0.326 e. The second-order valence-electron chi connectivity index (χ2n) is 4.27. The minimum Gasteiger partial charge on any atom is -0.480 e. The van der Waals surface area contributed by atoms with E-state index in [0.29, 0.717) is 12.8 Å². The van der Waals surface area contributed by atoms with Gasteiger partial charge in [0.25, 0.3) is 5.91 Å². The van der Waals surface area contributed by atoms with Crippen molar-refractivity contribution < 1.29 is 19.5 Å². The zero-order valence-electron chi connectivity index (χ0n) is 11.1. The molecule has 1 atom stereocenters. The highest BCUT2D eigenvalue weighted by atomic mass is 16.4. The number of amides is 2. The second kappa shape index (κ2) is 7.22. The van der Waals surface area contributed by atoms with Crippen LogP contribution in [0.3, 0.4) is 0 Å². The van der Waals surface area contributed by atoms with Gasteiger partial charge in [-0.15, -0.1) is 5.10 Å². The molecule has 0 aliphatic rings. The maximum atomic E-state index is 11.8. The molecule has 1 unspecified atom stereocenters. The van der Waals surface area contributed by atoms with Crippen LogP contribution in [0.25, 0.3) is 0 Å². The molecule has 1 heterocycles. The number of primary amides is 1. The maximum absolute atomic E-state index is 11.8. The lowest BCUT2D eigenvalue weighted by molar-refractivity contribution is -0.139. The molecule has 1 rings (SSSR count). The van der Waals surface area contributed by atoms with Gasteiger partial charge < -0.3 is 16.2 Å². The van der Waals surface area contributed by atoms with E-state index in [9.17, 15) is 14.4 Å². The number of aromatic nitrogens is 3. The SMILES string of the molecule is CCCCC(NC(=O)c1cn(CC(N)=O)nn1)C(=O)O. The molecule has 110 valence electrons. The number of nitrogens with one attached hydrogen (secondary N) is 1. The van der Waals surface area contributed by atoms with Crippen LogP contribution in [-0.4, -0.2) is 43.9 Å². The fourth-order valence-corrected chi connectivity index (χ4v) is 1.54. The summed E-state index contributed by atoms with van der Waals surface area (Å²) in [4.78, 5) is 33.5. The Kier molecular flexibility index (Phi) is 5.63. The normalized spacial score (nSPS) is 11.8. The number of nitrogens with two attached hydrogens (primary N) is 1. The zero-order valence-corrected chi connectivity index (χ0v) is 11.1. The van der Waals surface area contributed by atoms with Crippen molar-refractivity contribution in [1.82, 2.24) is 20.3 Å². The first-order valence-electron chi connectivity index (χ1n) is 6.16. The van der Waals surface area contributed by atoms with E-state index >= 15 is 0 Å². The number of rotatable bonds is 8. The average Bonchev–Trinajstić information content (AvgIpc) is 2.81. The zero-order chi connectivity index (χ0) is 15.1. The Bertz CT molecular complexity index is 499. The first-order valence-corrected chi connectivity index (χ1v) is 6.16. The van der Waals surface area contributed by atoms with Gasteiger partial charge >= 0.3 is 5.97 Å². The minimum absolute atomic E-state index is 0.0611. The predicted octanol–water partition coefficient (Wildman–Crippen LogP) is -0.863. The van der Waals surface area contributed by atoms with Crippen molar-refractivity contribution in [2.45, 2.75) is 38.8 Å². The number of nitrogens with zero attached hydrogens (tertiary/aromatic N) is 3. The molecule has 0 saturated heterocycles. The molecule has 0 bridgehead atoms. The third-order valence-electron chi connectivity index (χ3n) is 2.54. The van der Waals surface area contributed by atoms with Crippen LogP contribution >= 0.6 is 0 Å². The van der Waals surface area contributed by atoms with E-state index in [1.165, 1.54) is 6.20 Å². The van der Waals surface area contributed by atoms with E-state index in [0.717, 1.165) is 11.1 Å². The van der Waals surface area contributed by atoms with E-state index in [4.69, 9.17) is 10.8 Å². The van der Waals surface area contributed by atoms with Crippen molar-refractivity contribution in [1.29, 1.82) is 0 Å². The standard InChI is InChI=1S/C11H17N5O4/c1-2-3-4-7(11(19)20)13-10(18)8-5-16(15-14-8)6-9(12)17/h5,7H,2-4,6H2,1H3,(H2,12,17)(H,13,18)(H,19,20). The minimum atomic E-state index is -1.10. The van der Waals surface area contributed by atoms with Crippen molar-refractivity contribution in [3.8, 4) is 0 Å². The topological polar surface area (TPSA) is 140 Å². The molecule has 2 amide bonds. The fraction of sp³-hybridized carbons (Fsp3) is 0.545. The largest absolute Gasteiger partial charge is 0.480 e. The van der Waals surface area contributed by atoms with Gasteiger partial charge in [0.1, 0.15) is 12.6 Å². The molecule has 0 aliphatic heterocycles. The van der Waals surface area contributed by atoms with Gasteiger partial charge in [0.05, 0.1) is 6.20 Å². The van der Waals surface area contributed by atoms with Gasteiger partial charge in [0.15, 0.2) is 5.69 Å². The van der Waals surface area contributed by atoms with Crippen LogP contribution in [0, 0.1) is 0 Å². The Morgan fingerprint density at radius 1 is 1.50 bits per heavy atom. The number of carbonyl (C=O) groups is 3. The molecule has 0 fully saturated rings. The van der Waals surface area contributed by atoms with Crippen LogP contribution in [0.15, 0.2) is 6.20 Å². The van der Waals surface area contributed by atoms with E-state index < -0.39 is 23.8 Å². The van der Waals surface area contributed by atoms with Gasteiger partial charge in [-0.3, -0.25) is 9.59 Å². The first kappa shape index (κ1) is 15.6. The maximum Gasteiger partial charge on any atom is 0.326 e. The number of carbonyl (C=O) groups excluding carboxylic acids is 2. The van der Waals surface area contributed by atoms with Gasteiger partial charge in [-0.05, 0) is 6.42 Å². The number of carboxylic acids is 1. The molecule has 0 aliphatic carbocycles. The summed E-state index contributed by atoms with van der Waals surface area (Å²) in [5.74, 6) is -2.37.